The Labute approximate surface area is 157 Å². The second-order valence-electron chi connectivity index (χ2n) is 5.59. The number of anilines is 1. The van der Waals surface area contributed by atoms with Crippen molar-refractivity contribution >= 4 is 11.9 Å². The van der Waals surface area contributed by atoms with E-state index in [0.29, 0.717) is 5.75 Å². The van der Waals surface area contributed by atoms with Crippen molar-refractivity contribution < 1.29 is 32.2 Å². The van der Waals surface area contributed by atoms with Crippen molar-refractivity contribution in [3.8, 4) is 11.5 Å². The molecule has 0 aliphatic carbocycles. The minimum atomic E-state index is -4.88. The standard InChI is InChI=1S/C16H16F3N5O4/c1-4-28-14(25)11-12(9-6-5-8(26-2)7-10(9)27-3)24-15(21-22-23-24)20-13(11)16(17,18)19/h5-7,12H,4H2,1-3H3,(H,20,21,23). The lowest BCUT2D eigenvalue weighted by atomic mass is 9.94. The summed E-state index contributed by atoms with van der Waals surface area (Å²) >= 11 is 0. The van der Waals surface area contributed by atoms with Gasteiger partial charge in [0, 0.05) is 11.6 Å². The summed E-state index contributed by atoms with van der Waals surface area (Å²) in [6.45, 7) is 1.38. The number of fused-ring (bicyclic) bond motifs is 1. The molecule has 1 unspecified atom stereocenters. The summed E-state index contributed by atoms with van der Waals surface area (Å²) in [7, 11) is 2.78. The minimum Gasteiger partial charge on any atom is -0.497 e. The van der Waals surface area contributed by atoms with Gasteiger partial charge >= 0.3 is 12.1 Å². The number of tetrazole rings is 1. The van der Waals surface area contributed by atoms with E-state index in [1.54, 1.807) is 0 Å². The van der Waals surface area contributed by atoms with Crippen molar-refractivity contribution in [3.05, 3.63) is 35.0 Å². The molecule has 12 heteroatoms. The SMILES string of the molecule is CCOC(=O)C1=C(C(F)(F)F)Nc2nnnn2C1c1ccc(OC)cc1OC. The largest absolute Gasteiger partial charge is 0.497 e. The van der Waals surface area contributed by atoms with E-state index in [4.69, 9.17) is 14.2 Å². The van der Waals surface area contributed by atoms with Gasteiger partial charge < -0.3 is 19.5 Å². The van der Waals surface area contributed by atoms with Crippen LogP contribution in [-0.4, -0.2) is 53.2 Å². The molecule has 2 heterocycles. The molecule has 1 atom stereocenters. The van der Waals surface area contributed by atoms with E-state index in [-0.39, 0.29) is 23.9 Å². The number of esters is 1. The molecular formula is C16H16F3N5O4. The maximum absolute atomic E-state index is 13.7. The molecule has 0 saturated carbocycles. The van der Waals surface area contributed by atoms with Crippen LogP contribution in [-0.2, 0) is 9.53 Å². The monoisotopic (exact) mass is 399 g/mol. The Bertz CT molecular complexity index is 925. The fourth-order valence-corrected chi connectivity index (χ4v) is 2.87. The number of benzene rings is 1. The molecule has 0 radical (unpaired) electrons. The van der Waals surface area contributed by atoms with E-state index in [1.165, 1.54) is 39.3 Å². The van der Waals surface area contributed by atoms with Crippen LogP contribution >= 0.6 is 0 Å². The highest BCUT2D eigenvalue weighted by molar-refractivity contribution is 5.93. The van der Waals surface area contributed by atoms with Gasteiger partial charge in [-0.3, -0.25) is 0 Å². The first-order valence-corrected chi connectivity index (χ1v) is 8.07. The third-order valence-electron chi connectivity index (χ3n) is 4.03. The molecule has 0 bridgehead atoms. The van der Waals surface area contributed by atoms with Gasteiger partial charge in [-0.15, -0.1) is 0 Å². The number of carbonyl (C=O) groups is 1. The summed E-state index contributed by atoms with van der Waals surface area (Å²) in [6, 6.07) is 3.16. The first kappa shape index (κ1) is 19.5. The molecule has 1 aliphatic rings. The van der Waals surface area contributed by atoms with Crippen molar-refractivity contribution in [1.82, 2.24) is 20.2 Å². The first-order valence-electron chi connectivity index (χ1n) is 8.07. The Hall–Kier alpha value is -3.31. The summed E-state index contributed by atoms with van der Waals surface area (Å²) in [4.78, 5) is 12.5. The number of allylic oxidation sites excluding steroid dienone is 1. The predicted molar refractivity (Wildman–Crippen MR) is 88.8 cm³/mol. The second-order valence-corrected chi connectivity index (χ2v) is 5.59. The lowest BCUT2D eigenvalue weighted by Crippen LogP contribution is -2.35. The van der Waals surface area contributed by atoms with Crippen molar-refractivity contribution in [1.29, 1.82) is 0 Å². The van der Waals surface area contributed by atoms with Crippen LogP contribution < -0.4 is 14.8 Å². The molecule has 3 rings (SSSR count). The summed E-state index contributed by atoms with van der Waals surface area (Å²) in [5.41, 5.74) is -1.75. The number of halogens is 3. The van der Waals surface area contributed by atoms with Crippen LogP contribution in [0, 0.1) is 0 Å². The Kier molecular flexibility index (Phi) is 5.12. The highest BCUT2D eigenvalue weighted by atomic mass is 19.4. The van der Waals surface area contributed by atoms with E-state index < -0.39 is 29.5 Å². The Morgan fingerprint density at radius 3 is 2.64 bits per heavy atom. The smallest absolute Gasteiger partial charge is 0.431 e. The van der Waals surface area contributed by atoms with Crippen LogP contribution in [0.4, 0.5) is 19.1 Å². The molecule has 150 valence electrons. The number of hydrogen-bond donors (Lipinski definition) is 1. The topological polar surface area (TPSA) is 100 Å². The molecular weight excluding hydrogens is 383 g/mol. The summed E-state index contributed by atoms with van der Waals surface area (Å²) < 4.78 is 57.5. The number of aromatic nitrogens is 4. The van der Waals surface area contributed by atoms with Crippen molar-refractivity contribution in [3.63, 3.8) is 0 Å². The van der Waals surface area contributed by atoms with E-state index in [2.05, 4.69) is 20.8 Å². The molecule has 9 nitrogen and oxygen atoms in total. The third-order valence-corrected chi connectivity index (χ3v) is 4.03. The van der Waals surface area contributed by atoms with E-state index in [0.717, 1.165) is 4.68 Å². The molecule has 0 amide bonds. The molecule has 0 spiro atoms. The zero-order chi connectivity index (χ0) is 20.5. The van der Waals surface area contributed by atoms with Gasteiger partial charge in [-0.2, -0.15) is 17.9 Å². The third kappa shape index (κ3) is 3.32. The number of nitrogens with one attached hydrogen (secondary N) is 1. The quantitative estimate of drug-likeness (QED) is 0.763. The average molecular weight is 399 g/mol. The Morgan fingerprint density at radius 2 is 2.04 bits per heavy atom. The summed E-state index contributed by atoms with van der Waals surface area (Å²) in [5.74, 6) is -0.810. The maximum atomic E-state index is 13.7. The Balaban J connectivity index is 2.29. The molecule has 1 aromatic carbocycles. The molecule has 2 aromatic rings. The molecule has 1 aliphatic heterocycles. The molecule has 1 aromatic heterocycles. The molecule has 1 N–H and O–H groups in total. The lowest BCUT2D eigenvalue weighted by Gasteiger charge is -2.30. The summed E-state index contributed by atoms with van der Waals surface area (Å²) in [6.07, 6.45) is -4.88. The number of alkyl halides is 3. The van der Waals surface area contributed by atoms with Crippen molar-refractivity contribution in [2.45, 2.75) is 19.1 Å². The molecule has 0 saturated heterocycles. The summed E-state index contributed by atoms with van der Waals surface area (Å²) in [5, 5.41) is 12.8. The number of ether oxygens (including phenoxy) is 3. The maximum Gasteiger partial charge on any atom is 0.431 e. The fourth-order valence-electron chi connectivity index (χ4n) is 2.87. The van der Waals surface area contributed by atoms with Gasteiger partial charge in [0.25, 0.3) is 0 Å². The van der Waals surface area contributed by atoms with Gasteiger partial charge in [-0.1, -0.05) is 5.10 Å². The van der Waals surface area contributed by atoms with Crippen LogP contribution in [0.1, 0.15) is 18.5 Å². The molecule has 28 heavy (non-hydrogen) atoms. The zero-order valence-corrected chi connectivity index (χ0v) is 15.1. The van der Waals surface area contributed by atoms with E-state index in [9.17, 15) is 18.0 Å². The zero-order valence-electron chi connectivity index (χ0n) is 15.1. The number of rotatable bonds is 5. The van der Waals surface area contributed by atoms with Crippen LogP contribution in [0.3, 0.4) is 0 Å². The van der Waals surface area contributed by atoms with Gasteiger partial charge in [-0.05, 0) is 29.5 Å². The van der Waals surface area contributed by atoms with Crippen molar-refractivity contribution in [2.75, 3.05) is 26.1 Å². The van der Waals surface area contributed by atoms with Gasteiger partial charge in [-0.25, -0.2) is 4.79 Å². The number of hydrogen-bond acceptors (Lipinski definition) is 8. The van der Waals surface area contributed by atoms with Crippen LogP contribution in [0.25, 0.3) is 0 Å². The number of methoxy groups -OCH3 is 2. The highest BCUT2D eigenvalue weighted by Crippen LogP contribution is 2.43. The van der Waals surface area contributed by atoms with Crippen molar-refractivity contribution in [2.24, 2.45) is 0 Å². The van der Waals surface area contributed by atoms with Gasteiger partial charge in [0.2, 0.25) is 5.95 Å². The minimum absolute atomic E-state index is 0.109. The fraction of sp³-hybridized carbons (Fsp3) is 0.375. The molecule has 0 fully saturated rings. The number of nitrogens with zero attached hydrogens (tertiary/aromatic N) is 4. The van der Waals surface area contributed by atoms with Crippen LogP contribution in [0.2, 0.25) is 0 Å². The van der Waals surface area contributed by atoms with E-state index >= 15 is 0 Å². The lowest BCUT2D eigenvalue weighted by molar-refractivity contribution is -0.140. The van der Waals surface area contributed by atoms with Gasteiger partial charge in [0.15, 0.2) is 0 Å². The van der Waals surface area contributed by atoms with Gasteiger partial charge in [0.05, 0.1) is 26.4 Å². The number of carbonyl (C=O) groups excluding carboxylic acids is 1. The second kappa shape index (κ2) is 7.37. The highest BCUT2D eigenvalue weighted by Gasteiger charge is 2.47. The van der Waals surface area contributed by atoms with E-state index in [1.807, 2.05) is 0 Å². The predicted octanol–water partition coefficient (Wildman–Crippen LogP) is 2.08. The first-order chi connectivity index (χ1) is 13.3. The van der Waals surface area contributed by atoms with Crippen LogP contribution in [0.5, 0.6) is 11.5 Å². The Morgan fingerprint density at radius 1 is 1.29 bits per heavy atom. The average Bonchev–Trinajstić information content (AvgIpc) is 3.14. The normalized spacial score (nSPS) is 16.3. The van der Waals surface area contributed by atoms with Gasteiger partial charge in [0.1, 0.15) is 23.2 Å². The van der Waals surface area contributed by atoms with Crippen LogP contribution in [0.15, 0.2) is 29.5 Å².